The molecule has 0 unspecified atom stereocenters. The zero-order valence-corrected chi connectivity index (χ0v) is 10.3. The van der Waals surface area contributed by atoms with Crippen molar-refractivity contribution in [1.82, 2.24) is 9.80 Å². The zero-order valence-electron chi connectivity index (χ0n) is 10.3. The maximum absolute atomic E-state index is 3.78. The highest BCUT2D eigenvalue weighted by atomic mass is 15.3. The summed E-state index contributed by atoms with van der Waals surface area (Å²) in [5.74, 6) is 0. The van der Waals surface area contributed by atoms with Gasteiger partial charge < -0.3 is 9.80 Å². The van der Waals surface area contributed by atoms with E-state index in [2.05, 4.69) is 71.2 Å². The lowest BCUT2D eigenvalue weighted by Gasteiger charge is -2.19. The Morgan fingerprint density at radius 3 is 2.72 bits per heavy atom. The summed E-state index contributed by atoms with van der Waals surface area (Å²) in [6.07, 6.45) is 6.02. The Hall–Kier alpha value is -2.22. The van der Waals surface area contributed by atoms with Crippen molar-refractivity contribution in [3.63, 3.8) is 0 Å². The summed E-state index contributed by atoms with van der Waals surface area (Å²) in [6, 6.07) is 15.0. The molecule has 1 aliphatic rings. The minimum absolute atomic E-state index is 0.882. The average molecular weight is 236 g/mol. The summed E-state index contributed by atoms with van der Waals surface area (Å²) >= 11 is 0. The van der Waals surface area contributed by atoms with Crippen LogP contribution in [0.25, 0.3) is 10.8 Å². The number of nitrogens with zero attached hydrogens (tertiary/aromatic N) is 2. The van der Waals surface area contributed by atoms with E-state index in [0.717, 1.165) is 13.2 Å². The van der Waals surface area contributed by atoms with Crippen LogP contribution in [0.1, 0.15) is 5.56 Å². The molecule has 0 spiro atoms. The molecule has 0 radical (unpaired) electrons. The molecule has 2 aromatic carbocycles. The van der Waals surface area contributed by atoms with Crippen LogP contribution in [0.5, 0.6) is 0 Å². The van der Waals surface area contributed by atoms with Gasteiger partial charge in [0, 0.05) is 18.9 Å². The van der Waals surface area contributed by atoms with Crippen LogP contribution in [0.3, 0.4) is 0 Å². The largest absolute Gasteiger partial charge is 0.354 e. The minimum atomic E-state index is 0.882. The molecule has 0 amide bonds. The van der Waals surface area contributed by atoms with Crippen LogP contribution in [0, 0.1) is 0 Å². The molecule has 0 atom stereocenters. The first-order chi connectivity index (χ1) is 8.86. The molecular formula is C16H16N2. The second kappa shape index (κ2) is 4.57. The van der Waals surface area contributed by atoms with Gasteiger partial charge >= 0.3 is 0 Å². The summed E-state index contributed by atoms with van der Waals surface area (Å²) in [7, 11) is 0. The molecule has 0 aromatic heterocycles. The lowest BCUT2D eigenvalue weighted by Crippen LogP contribution is -2.21. The van der Waals surface area contributed by atoms with Gasteiger partial charge in [-0.2, -0.15) is 0 Å². The topological polar surface area (TPSA) is 6.48 Å². The highest BCUT2D eigenvalue weighted by Gasteiger charge is 2.11. The van der Waals surface area contributed by atoms with Crippen molar-refractivity contribution in [2.45, 2.75) is 6.54 Å². The van der Waals surface area contributed by atoms with E-state index in [0.29, 0.717) is 0 Å². The van der Waals surface area contributed by atoms with E-state index in [9.17, 15) is 0 Å². The molecule has 1 aliphatic heterocycles. The van der Waals surface area contributed by atoms with E-state index in [1.165, 1.54) is 16.3 Å². The highest BCUT2D eigenvalue weighted by molar-refractivity contribution is 5.85. The Labute approximate surface area is 107 Å². The fourth-order valence-corrected chi connectivity index (χ4v) is 2.35. The summed E-state index contributed by atoms with van der Waals surface area (Å²) in [5, 5.41) is 2.64. The minimum Gasteiger partial charge on any atom is -0.354 e. The molecule has 0 aliphatic carbocycles. The van der Waals surface area contributed by atoms with Gasteiger partial charge in [0.25, 0.3) is 0 Å². The number of hydrogen-bond donors (Lipinski definition) is 0. The molecule has 2 aromatic rings. The predicted octanol–water partition coefficient (Wildman–Crippen LogP) is 3.53. The smallest absolute Gasteiger partial charge is 0.0939 e. The van der Waals surface area contributed by atoms with Crippen LogP contribution >= 0.6 is 0 Å². The monoisotopic (exact) mass is 236 g/mol. The van der Waals surface area contributed by atoms with Gasteiger partial charge in [0.05, 0.1) is 6.67 Å². The maximum atomic E-state index is 3.78. The highest BCUT2D eigenvalue weighted by Crippen LogP contribution is 2.21. The quantitative estimate of drug-likeness (QED) is 0.804. The molecule has 2 heteroatoms. The number of fused-ring (bicyclic) bond motifs is 1. The van der Waals surface area contributed by atoms with Crippen molar-refractivity contribution in [2.75, 3.05) is 6.67 Å². The second-order valence-corrected chi connectivity index (χ2v) is 4.52. The van der Waals surface area contributed by atoms with Gasteiger partial charge in [-0.25, -0.2) is 0 Å². The SMILES string of the molecule is C=CN1C=CN(Cc2cccc3ccccc23)C1. The third-order valence-electron chi connectivity index (χ3n) is 3.30. The van der Waals surface area contributed by atoms with E-state index in [1.54, 1.807) is 0 Å². The molecule has 0 bridgehead atoms. The van der Waals surface area contributed by atoms with Crippen molar-refractivity contribution in [1.29, 1.82) is 0 Å². The first kappa shape index (κ1) is 10.9. The Morgan fingerprint density at radius 2 is 1.89 bits per heavy atom. The Bertz CT molecular complexity index is 596. The van der Waals surface area contributed by atoms with Gasteiger partial charge in [0.2, 0.25) is 0 Å². The average Bonchev–Trinajstić information content (AvgIpc) is 2.87. The molecule has 90 valence electrons. The summed E-state index contributed by atoms with van der Waals surface area (Å²) in [5.41, 5.74) is 1.36. The van der Waals surface area contributed by atoms with Crippen LogP contribution < -0.4 is 0 Å². The van der Waals surface area contributed by atoms with Gasteiger partial charge in [-0.1, -0.05) is 49.0 Å². The fourth-order valence-electron chi connectivity index (χ4n) is 2.35. The molecule has 2 nitrogen and oxygen atoms in total. The van der Waals surface area contributed by atoms with Crippen LogP contribution in [0.4, 0.5) is 0 Å². The molecule has 0 fully saturated rings. The van der Waals surface area contributed by atoms with Crippen LogP contribution in [0.15, 0.2) is 67.6 Å². The van der Waals surface area contributed by atoms with Crippen LogP contribution in [0.2, 0.25) is 0 Å². The van der Waals surface area contributed by atoms with Gasteiger partial charge in [-0.15, -0.1) is 0 Å². The number of rotatable bonds is 3. The predicted molar refractivity (Wildman–Crippen MR) is 75.5 cm³/mol. The van der Waals surface area contributed by atoms with Crippen molar-refractivity contribution < 1.29 is 0 Å². The van der Waals surface area contributed by atoms with E-state index in [1.807, 2.05) is 6.20 Å². The second-order valence-electron chi connectivity index (χ2n) is 4.52. The molecule has 0 N–H and O–H groups in total. The Morgan fingerprint density at radius 1 is 1.06 bits per heavy atom. The van der Waals surface area contributed by atoms with Crippen LogP contribution in [-0.2, 0) is 6.54 Å². The van der Waals surface area contributed by atoms with E-state index < -0.39 is 0 Å². The van der Waals surface area contributed by atoms with Crippen molar-refractivity contribution in [3.8, 4) is 0 Å². The maximum Gasteiger partial charge on any atom is 0.0939 e. The van der Waals surface area contributed by atoms with Gasteiger partial charge in [-0.05, 0) is 22.5 Å². The lowest BCUT2D eigenvalue weighted by atomic mass is 10.0. The molecule has 3 rings (SSSR count). The molecular weight excluding hydrogens is 220 g/mol. The van der Waals surface area contributed by atoms with Crippen molar-refractivity contribution in [2.24, 2.45) is 0 Å². The van der Waals surface area contributed by atoms with Gasteiger partial charge in [0.1, 0.15) is 0 Å². The van der Waals surface area contributed by atoms with Crippen molar-refractivity contribution >= 4 is 10.8 Å². The van der Waals surface area contributed by atoms with Gasteiger partial charge in [-0.3, -0.25) is 0 Å². The molecule has 1 heterocycles. The third kappa shape index (κ3) is 1.97. The van der Waals surface area contributed by atoms with E-state index >= 15 is 0 Å². The first-order valence-electron chi connectivity index (χ1n) is 6.14. The van der Waals surface area contributed by atoms with E-state index in [-0.39, 0.29) is 0 Å². The zero-order chi connectivity index (χ0) is 12.4. The van der Waals surface area contributed by atoms with Crippen molar-refractivity contribution in [3.05, 3.63) is 73.2 Å². The molecule has 0 saturated heterocycles. The number of benzene rings is 2. The molecule has 18 heavy (non-hydrogen) atoms. The van der Waals surface area contributed by atoms with Crippen LogP contribution in [-0.4, -0.2) is 16.5 Å². The number of hydrogen-bond acceptors (Lipinski definition) is 2. The Balaban J connectivity index is 1.87. The molecule has 0 saturated carbocycles. The standard InChI is InChI=1S/C16H16N2/c1-2-17-10-11-18(13-17)12-15-8-5-7-14-6-3-4-9-16(14)15/h2-11H,1,12-13H2. The summed E-state index contributed by atoms with van der Waals surface area (Å²) in [4.78, 5) is 4.36. The Kier molecular flexibility index (Phi) is 2.77. The van der Waals surface area contributed by atoms with E-state index in [4.69, 9.17) is 0 Å². The lowest BCUT2D eigenvalue weighted by molar-refractivity contribution is 0.309. The normalized spacial score (nSPS) is 14.4. The third-order valence-corrected chi connectivity index (χ3v) is 3.30. The first-order valence-corrected chi connectivity index (χ1v) is 6.14. The summed E-state index contributed by atoms with van der Waals surface area (Å²) < 4.78 is 0. The van der Waals surface area contributed by atoms with Gasteiger partial charge in [0.15, 0.2) is 0 Å². The summed E-state index contributed by atoms with van der Waals surface area (Å²) in [6.45, 7) is 5.60. The fraction of sp³-hybridized carbons (Fsp3) is 0.125.